The Kier molecular flexibility index (Phi) is 5.06. The predicted octanol–water partition coefficient (Wildman–Crippen LogP) is 3.68. The number of carbonyl (C=O) groups excluding carboxylic acids is 3. The highest BCUT2D eigenvalue weighted by Gasteiger charge is 2.62. The van der Waals surface area contributed by atoms with Crippen LogP contribution in [-0.4, -0.2) is 38.3 Å². The summed E-state index contributed by atoms with van der Waals surface area (Å²) >= 11 is 6.39. The highest BCUT2D eigenvalue weighted by atomic mass is 35.5. The molecular formula is C25H19ClN2O7. The van der Waals surface area contributed by atoms with Gasteiger partial charge in [0.25, 0.3) is 5.91 Å². The second kappa shape index (κ2) is 7.78. The number of amides is 1. The SMILES string of the molecule is NC(=O)C1=C(O)C[C@@H]2C[C@@H]3Cc4c(-c5ccccc5Cl)ccc(O)c4C(=O)C3=C(O)[C@]2(N=O)C1=O. The van der Waals surface area contributed by atoms with Crippen molar-refractivity contribution in [2.75, 3.05) is 0 Å². The van der Waals surface area contributed by atoms with E-state index in [1.807, 2.05) is 0 Å². The number of phenols is 1. The molecule has 2 aromatic rings. The van der Waals surface area contributed by atoms with Gasteiger partial charge in [0.2, 0.25) is 11.3 Å². The van der Waals surface area contributed by atoms with Gasteiger partial charge in [0, 0.05) is 28.5 Å². The number of allylic oxidation sites excluding steroid dienone is 2. The van der Waals surface area contributed by atoms with Gasteiger partial charge in [0.15, 0.2) is 5.78 Å². The Balaban J connectivity index is 1.73. The van der Waals surface area contributed by atoms with Crippen LogP contribution in [0.1, 0.15) is 28.8 Å². The van der Waals surface area contributed by atoms with Crippen molar-refractivity contribution in [1.82, 2.24) is 0 Å². The minimum Gasteiger partial charge on any atom is -0.511 e. The molecule has 1 amide bonds. The summed E-state index contributed by atoms with van der Waals surface area (Å²) in [5.41, 5.74) is 3.42. The van der Waals surface area contributed by atoms with E-state index in [-0.39, 0.29) is 36.1 Å². The molecule has 2 aromatic carbocycles. The number of halogens is 1. The molecule has 35 heavy (non-hydrogen) atoms. The second-order valence-corrected chi connectivity index (χ2v) is 9.37. The number of carbonyl (C=O) groups is 3. The fourth-order valence-electron chi connectivity index (χ4n) is 5.71. The van der Waals surface area contributed by atoms with E-state index in [1.165, 1.54) is 6.07 Å². The van der Waals surface area contributed by atoms with Gasteiger partial charge in [-0.2, -0.15) is 0 Å². The van der Waals surface area contributed by atoms with E-state index in [2.05, 4.69) is 5.18 Å². The molecule has 0 unspecified atom stereocenters. The monoisotopic (exact) mass is 494 g/mol. The molecule has 3 atom stereocenters. The molecule has 5 rings (SSSR count). The van der Waals surface area contributed by atoms with Crippen LogP contribution in [0.15, 0.2) is 64.2 Å². The topological polar surface area (TPSA) is 167 Å². The number of hydrogen-bond donors (Lipinski definition) is 4. The first kappa shape index (κ1) is 22.8. The first-order valence-electron chi connectivity index (χ1n) is 10.8. The highest BCUT2D eigenvalue weighted by molar-refractivity contribution is 6.33. The van der Waals surface area contributed by atoms with Crippen molar-refractivity contribution in [1.29, 1.82) is 0 Å². The first-order chi connectivity index (χ1) is 16.6. The lowest BCUT2D eigenvalue weighted by Crippen LogP contribution is -2.55. The van der Waals surface area contributed by atoms with Crippen molar-refractivity contribution in [2.45, 2.75) is 24.8 Å². The van der Waals surface area contributed by atoms with E-state index in [4.69, 9.17) is 17.3 Å². The fraction of sp³-hybridized carbons (Fsp3) is 0.240. The largest absolute Gasteiger partial charge is 0.511 e. The van der Waals surface area contributed by atoms with Gasteiger partial charge in [-0.05, 0) is 47.2 Å². The number of rotatable bonds is 3. The Morgan fingerprint density at radius 1 is 1.06 bits per heavy atom. The van der Waals surface area contributed by atoms with Crippen LogP contribution < -0.4 is 5.73 Å². The first-order valence-corrected chi connectivity index (χ1v) is 11.2. The average Bonchev–Trinajstić information content (AvgIpc) is 2.79. The third-order valence-electron chi connectivity index (χ3n) is 7.25. The van der Waals surface area contributed by atoms with E-state index >= 15 is 0 Å². The molecule has 0 saturated carbocycles. The Morgan fingerprint density at radius 3 is 2.43 bits per heavy atom. The van der Waals surface area contributed by atoms with E-state index in [9.17, 15) is 34.6 Å². The van der Waals surface area contributed by atoms with Crippen LogP contribution in [0.25, 0.3) is 11.1 Å². The normalized spacial score (nSPS) is 25.6. The van der Waals surface area contributed by atoms with E-state index in [0.717, 1.165) is 0 Å². The molecule has 0 heterocycles. The Morgan fingerprint density at radius 2 is 1.77 bits per heavy atom. The van der Waals surface area contributed by atoms with E-state index in [0.29, 0.717) is 21.7 Å². The fourth-order valence-corrected chi connectivity index (χ4v) is 5.95. The van der Waals surface area contributed by atoms with Crippen molar-refractivity contribution in [3.8, 4) is 16.9 Å². The summed E-state index contributed by atoms with van der Waals surface area (Å²) in [6, 6.07) is 10.0. The molecule has 9 nitrogen and oxygen atoms in total. The molecule has 3 aliphatic carbocycles. The number of fused-ring (bicyclic) bond motifs is 3. The molecule has 0 radical (unpaired) electrons. The number of Topliss-reactive ketones (excluding diaryl/α,β-unsaturated/α-hetero) is 2. The smallest absolute Gasteiger partial charge is 0.255 e. The minimum absolute atomic E-state index is 0.0375. The number of primary amides is 1. The zero-order chi connectivity index (χ0) is 25.2. The number of aromatic hydroxyl groups is 1. The van der Waals surface area contributed by atoms with Gasteiger partial charge in [-0.25, -0.2) is 0 Å². The predicted molar refractivity (Wildman–Crippen MR) is 125 cm³/mol. The van der Waals surface area contributed by atoms with Crippen LogP contribution in [-0.2, 0) is 16.0 Å². The standard InChI is InChI=1S/C25H19ClN2O7/c26-15-4-2-1-3-13(15)12-5-6-16(29)19-14(12)8-10-7-11-9-17(30)20(24(27)34)23(33)25(11,28-35)22(32)18(10)21(19)31/h1-6,10-11,29-30,32H,7-9H2,(H2,27,34)/t10-,11+,25+/m1/s1. The molecule has 0 aromatic heterocycles. The van der Waals surface area contributed by atoms with Gasteiger partial charge in [-0.3, -0.25) is 14.4 Å². The zero-order valence-corrected chi connectivity index (χ0v) is 18.9. The van der Waals surface area contributed by atoms with Gasteiger partial charge in [-0.1, -0.05) is 35.9 Å². The van der Waals surface area contributed by atoms with Crippen molar-refractivity contribution in [3.05, 3.63) is 80.1 Å². The number of nitrogens with zero attached hydrogens (tertiary/aromatic N) is 1. The Hall–Kier alpha value is -3.98. The van der Waals surface area contributed by atoms with Crippen LogP contribution in [0, 0.1) is 16.7 Å². The molecule has 0 bridgehead atoms. The summed E-state index contributed by atoms with van der Waals surface area (Å²) < 4.78 is 0. The van der Waals surface area contributed by atoms with Gasteiger partial charge < -0.3 is 21.1 Å². The lowest BCUT2D eigenvalue weighted by Gasteiger charge is -2.44. The molecule has 0 fully saturated rings. The molecule has 178 valence electrons. The van der Waals surface area contributed by atoms with Crippen LogP contribution in [0.3, 0.4) is 0 Å². The Labute approximate surface area is 203 Å². The van der Waals surface area contributed by atoms with Crippen LogP contribution in [0.4, 0.5) is 0 Å². The van der Waals surface area contributed by atoms with Crippen LogP contribution in [0.2, 0.25) is 5.02 Å². The number of nitrogens with two attached hydrogens (primary N) is 1. The van der Waals surface area contributed by atoms with E-state index in [1.54, 1.807) is 30.3 Å². The van der Waals surface area contributed by atoms with Crippen molar-refractivity contribution in [3.63, 3.8) is 0 Å². The maximum absolute atomic E-state index is 13.7. The Bertz CT molecular complexity index is 1430. The number of benzene rings is 2. The van der Waals surface area contributed by atoms with Gasteiger partial charge in [0.05, 0.1) is 5.56 Å². The molecule has 5 N–H and O–H groups in total. The zero-order valence-electron chi connectivity index (χ0n) is 18.1. The molecule has 10 heteroatoms. The van der Waals surface area contributed by atoms with Crippen molar-refractivity contribution >= 4 is 29.1 Å². The molecule has 0 aliphatic heterocycles. The third-order valence-corrected chi connectivity index (χ3v) is 7.58. The number of aliphatic hydroxyl groups is 2. The number of nitroso groups, excluding NO2 is 1. The molecule has 3 aliphatic rings. The molecule has 0 saturated heterocycles. The maximum Gasteiger partial charge on any atom is 0.255 e. The van der Waals surface area contributed by atoms with E-state index < -0.39 is 51.9 Å². The highest BCUT2D eigenvalue weighted by Crippen LogP contribution is 2.54. The molecule has 0 spiro atoms. The number of hydrogen-bond acceptors (Lipinski definition) is 8. The number of ketones is 2. The van der Waals surface area contributed by atoms with Crippen molar-refractivity contribution < 1.29 is 29.7 Å². The summed E-state index contributed by atoms with van der Waals surface area (Å²) in [4.78, 5) is 50.7. The third kappa shape index (κ3) is 2.97. The van der Waals surface area contributed by atoms with Gasteiger partial charge >= 0.3 is 0 Å². The summed E-state index contributed by atoms with van der Waals surface area (Å²) in [5.74, 6) is -6.70. The number of aliphatic hydroxyl groups excluding tert-OH is 2. The minimum atomic E-state index is -2.47. The number of phenolic OH excluding ortho intramolecular Hbond substituents is 1. The second-order valence-electron chi connectivity index (χ2n) is 8.97. The maximum atomic E-state index is 13.7. The average molecular weight is 495 g/mol. The summed E-state index contributed by atoms with van der Waals surface area (Å²) in [6.07, 6.45) is -0.0833. The summed E-state index contributed by atoms with van der Waals surface area (Å²) in [7, 11) is 0. The van der Waals surface area contributed by atoms with Crippen LogP contribution in [0.5, 0.6) is 5.75 Å². The van der Waals surface area contributed by atoms with Crippen molar-refractivity contribution in [2.24, 2.45) is 22.7 Å². The summed E-state index contributed by atoms with van der Waals surface area (Å²) in [6.45, 7) is 0. The van der Waals surface area contributed by atoms with Gasteiger partial charge in [-0.15, -0.1) is 4.91 Å². The molecular weight excluding hydrogens is 476 g/mol. The lowest BCUT2D eigenvalue weighted by molar-refractivity contribution is -0.127. The summed E-state index contributed by atoms with van der Waals surface area (Å²) in [5, 5.41) is 35.5. The van der Waals surface area contributed by atoms with Crippen LogP contribution >= 0.6 is 11.6 Å². The van der Waals surface area contributed by atoms with Gasteiger partial charge in [0.1, 0.15) is 22.8 Å². The lowest BCUT2D eigenvalue weighted by atomic mass is 9.58. The quantitative estimate of drug-likeness (QED) is 0.372.